The number of nitrogens with zero attached hydrogens (tertiary/aromatic N) is 1. The van der Waals surface area contributed by atoms with Gasteiger partial charge in [-0.3, -0.25) is 0 Å². The molecule has 88 valence electrons. The van der Waals surface area contributed by atoms with E-state index in [2.05, 4.69) is 17.2 Å². The van der Waals surface area contributed by atoms with Crippen LogP contribution in [0.4, 0.5) is 11.5 Å². The summed E-state index contributed by atoms with van der Waals surface area (Å²) in [5.74, 6) is 0.836. The van der Waals surface area contributed by atoms with Crippen LogP contribution in [0.3, 0.4) is 0 Å². The number of para-hydroxylation sites is 1. The zero-order chi connectivity index (χ0) is 12.1. The molecule has 3 nitrogen and oxygen atoms in total. The number of hydrogen-bond donors (Lipinski definition) is 2. The van der Waals surface area contributed by atoms with Crippen LogP contribution >= 0.6 is 0 Å². The number of pyridine rings is 1. The quantitative estimate of drug-likeness (QED) is 0.843. The van der Waals surface area contributed by atoms with Gasteiger partial charge >= 0.3 is 0 Å². The van der Waals surface area contributed by atoms with E-state index in [1.54, 1.807) is 0 Å². The first-order valence-electron chi connectivity index (χ1n) is 5.83. The van der Waals surface area contributed by atoms with E-state index in [4.69, 9.17) is 5.73 Å². The normalized spacial score (nSPS) is 12.1. The molecular weight excluding hydrogens is 210 g/mol. The number of aromatic nitrogens is 1. The Kier molecular flexibility index (Phi) is 3.73. The third kappa shape index (κ3) is 3.04. The van der Waals surface area contributed by atoms with E-state index in [1.165, 1.54) is 0 Å². The minimum Gasteiger partial charge on any atom is -0.340 e. The van der Waals surface area contributed by atoms with Gasteiger partial charge in [-0.05, 0) is 30.2 Å². The van der Waals surface area contributed by atoms with Gasteiger partial charge in [-0.1, -0.05) is 31.2 Å². The van der Waals surface area contributed by atoms with Gasteiger partial charge in [-0.15, -0.1) is 0 Å². The number of anilines is 2. The third-order valence-corrected chi connectivity index (χ3v) is 2.70. The Hall–Kier alpha value is -1.87. The summed E-state index contributed by atoms with van der Waals surface area (Å²) in [5, 5.41) is 3.24. The zero-order valence-corrected chi connectivity index (χ0v) is 9.93. The molecule has 2 rings (SSSR count). The van der Waals surface area contributed by atoms with Gasteiger partial charge in [0.2, 0.25) is 0 Å². The van der Waals surface area contributed by atoms with E-state index >= 15 is 0 Å². The van der Waals surface area contributed by atoms with Crippen molar-refractivity contribution in [1.82, 2.24) is 4.98 Å². The second-order valence-electron chi connectivity index (χ2n) is 3.98. The van der Waals surface area contributed by atoms with Gasteiger partial charge < -0.3 is 11.1 Å². The fraction of sp³-hybridized carbons (Fsp3) is 0.214. The van der Waals surface area contributed by atoms with E-state index in [-0.39, 0.29) is 6.04 Å². The average molecular weight is 227 g/mol. The molecule has 0 spiro atoms. The molecule has 0 saturated heterocycles. The van der Waals surface area contributed by atoms with Gasteiger partial charge in [-0.25, -0.2) is 4.98 Å². The molecule has 0 radical (unpaired) electrons. The Morgan fingerprint density at radius 1 is 1.18 bits per heavy atom. The lowest BCUT2D eigenvalue weighted by Crippen LogP contribution is -2.09. The molecule has 0 aliphatic carbocycles. The van der Waals surface area contributed by atoms with Crippen LogP contribution in [0.1, 0.15) is 24.9 Å². The van der Waals surface area contributed by atoms with Crippen molar-refractivity contribution in [1.29, 1.82) is 0 Å². The molecule has 0 aliphatic heterocycles. The fourth-order valence-electron chi connectivity index (χ4n) is 1.60. The van der Waals surface area contributed by atoms with Gasteiger partial charge in [0.15, 0.2) is 0 Å². The van der Waals surface area contributed by atoms with Crippen LogP contribution in [-0.2, 0) is 0 Å². The number of rotatable bonds is 4. The van der Waals surface area contributed by atoms with Crippen LogP contribution in [0.15, 0.2) is 48.7 Å². The number of benzene rings is 1. The Morgan fingerprint density at radius 3 is 2.53 bits per heavy atom. The first-order chi connectivity index (χ1) is 8.29. The molecule has 17 heavy (non-hydrogen) atoms. The molecule has 0 saturated carbocycles. The molecule has 0 bridgehead atoms. The molecule has 3 heteroatoms. The third-order valence-electron chi connectivity index (χ3n) is 2.70. The molecule has 1 aromatic heterocycles. The van der Waals surface area contributed by atoms with Gasteiger partial charge in [0.05, 0.1) is 0 Å². The maximum atomic E-state index is 5.94. The summed E-state index contributed by atoms with van der Waals surface area (Å²) in [7, 11) is 0. The summed E-state index contributed by atoms with van der Waals surface area (Å²) >= 11 is 0. The Morgan fingerprint density at radius 2 is 1.94 bits per heavy atom. The summed E-state index contributed by atoms with van der Waals surface area (Å²) < 4.78 is 0. The van der Waals surface area contributed by atoms with Crippen LogP contribution in [0.25, 0.3) is 0 Å². The predicted octanol–water partition coefficient (Wildman–Crippen LogP) is 3.24. The van der Waals surface area contributed by atoms with E-state index < -0.39 is 0 Å². The highest BCUT2D eigenvalue weighted by Crippen LogP contribution is 2.17. The van der Waals surface area contributed by atoms with E-state index in [0.29, 0.717) is 0 Å². The largest absolute Gasteiger partial charge is 0.340 e. The Bertz CT molecular complexity index is 451. The Labute approximate surface area is 102 Å². The van der Waals surface area contributed by atoms with Crippen molar-refractivity contribution < 1.29 is 0 Å². The van der Waals surface area contributed by atoms with Crippen molar-refractivity contribution in [3.8, 4) is 0 Å². The van der Waals surface area contributed by atoms with Crippen molar-refractivity contribution in [3.05, 3.63) is 54.2 Å². The highest BCUT2D eigenvalue weighted by atomic mass is 15.0. The Balaban J connectivity index is 2.08. The predicted molar refractivity (Wildman–Crippen MR) is 71.2 cm³/mol. The maximum absolute atomic E-state index is 5.94. The summed E-state index contributed by atoms with van der Waals surface area (Å²) in [4.78, 5) is 4.35. The van der Waals surface area contributed by atoms with Gasteiger partial charge in [0, 0.05) is 17.9 Å². The highest BCUT2D eigenvalue weighted by molar-refractivity contribution is 5.55. The minimum atomic E-state index is 0.0771. The van der Waals surface area contributed by atoms with Crippen LogP contribution < -0.4 is 11.1 Å². The maximum Gasteiger partial charge on any atom is 0.130 e. The highest BCUT2D eigenvalue weighted by Gasteiger charge is 2.03. The summed E-state index contributed by atoms with van der Waals surface area (Å²) in [5.41, 5.74) is 8.05. The van der Waals surface area contributed by atoms with Crippen LogP contribution in [0.5, 0.6) is 0 Å². The summed E-state index contributed by atoms with van der Waals surface area (Å²) in [6, 6.07) is 14.0. The van der Waals surface area contributed by atoms with Crippen molar-refractivity contribution in [2.24, 2.45) is 5.73 Å². The SMILES string of the molecule is CC[C@@H](N)c1ccc(Nc2ccccc2)nc1. The zero-order valence-electron chi connectivity index (χ0n) is 9.93. The van der Waals surface area contributed by atoms with Crippen LogP contribution in [0.2, 0.25) is 0 Å². The van der Waals surface area contributed by atoms with Gasteiger partial charge in [0.1, 0.15) is 5.82 Å². The molecule has 2 aromatic rings. The summed E-state index contributed by atoms with van der Waals surface area (Å²) in [6.07, 6.45) is 2.76. The lowest BCUT2D eigenvalue weighted by molar-refractivity contribution is 0.695. The lowest BCUT2D eigenvalue weighted by atomic mass is 10.1. The van der Waals surface area contributed by atoms with Gasteiger partial charge in [-0.2, -0.15) is 0 Å². The topological polar surface area (TPSA) is 50.9 Å². The molecule has 0 fully saturated rings. The van der Waals surface area contributed by atoms with Crippen LogP contribution in [0, 0.1) is 0 Å². The van der Waals surface area contributed by atoms with Crippen molar-refractivity contribution in [2.45, 2.75) is 19.4 Å². The molecule has 0 aliphatic rings. The first kappa shape index (κ1) is 11.6. The average Bonchev–Trinajstić information content (AvgIpc) is 2.40. The fourth-order valence-corrected chi connectivity index (χ4v) is 1.60. The number of hydrogen-bond acceptors (Lipinski definition) is 3. The van der Waals surface area contributed by atoms with Gasteiger partial charge in [0.25, 0.3) is 0 Å². The van der Waals surface area contributed by atoms with E-state index in [1.807, 2.05) is 48.7 Å². The molecule has 3 N–H and O–H groups in total. The standard InChI is InChI=1S/C14H17N3/c1-2-13(15)11-8-9-14(16-10-11)17-12-6-4-3-5-7-12/h3-10,13H,2,15H2,1H3,(H,16,17)/t13-/m1/s1. The molecule has 1 atom stereocenters. The van der Waals surface area contributed by atoms with Crippen molar-refractivity contribution >= 4 is 11.5 Å². The second-order valence-corrected chi connectivity index (χ2v) is 3.98. The van der Waals surface area contributed by atoms with Crippen molar-refractivity contribution in [3.63, 3.8) is 0 Å². The number of nitrogens with one attached hydrogen (secondary N) is 1. The van der Waals surface area contributed by atoms with Crippen LogP contribution in [-0.4, -0.2) is 4.98 Å². The van der Waals surface area contributed by atoms with E-state index in [0.717, 1.165) is 23.5 Å². The molecular formula is C14H17N3. The van der Waals surface area contributed by atoms with Crippen molar-refractivity contribution in [2.75, 3.05) is 5.32 Å². The minimum absolute atomic E-state index is 0.0771. The number of nitrogens with two attached hydrogens (primary N) is 1. The molecule has 1 heterocycles. The summed E-state index contributed by atoms with van der Waals surface area (Å²) in [6.45, 7) is 2.07. The molecule has 0 amide bonds. The smallest absolute Gasteiger partial charge is 0.130 e. The van der Waals surface area contributed by atoms with E-state index in [9.17, 15) is 0 Å². The molecule has 0 unspecified atom stereocenters. The first-order valence-corrected chi connectivity index (χ1v) is 5.83. The molecule has 1 aromatic carbocycles. The second kappa shape index (κ2) is 5.46. The lowest BCUT2D eigenvalue weighted by Gasteiger charge is -2.10. The monoisotopic (exact) mass is 227 g/mol.